The van der Waals surface area contributed by atoms with Crippen molar-refractivity contribution in [2.45, 2.75) is 20.3 Å². The van der Waals surface area contributed by atoms with E-state index in [1.165, 1.54) is 9.25 Å². The number of nitrogens with zero attached hydrogens (tertiary/aromatic N) is 4. The minimum absolute atomic E-state index is 0.0172. The summed E-state index contributed by atoms with van der Waals surface area (Å²) in [6.45, 7) is 4.11. The first-order chi connectivity index (χ1) is 22.5. The van der Waals surface area contributed by atoms with Crippen molar-refractivity contribution >= 4 is 23.3 Å². The van der Waals surface area contributed by atoms with Gasteiger partial charge in [-0.1, -0.05) is 68.5 Å². The van der Waals surface area contributed by atoms with Gasteiger partial charge in [0.05, 0.1) is 29.6 Å². The number of rotatable bonds is 8. The molecule has 2 N–H and O–H groups in total. The number of aromatic nitrogens is 3. The van der Waals surface area contributed by atoms with E-state index in [0.717, 1.165) is 16.8 Å². The van der Waals surface area contributed by atoms with Gasteiger partial charge in [-0.05, 0) is 77.1 Å². The lowest BCUT2D eigenvalue weighted by Gasteiger charge is -2.29. The van der Waals surface area contributed by atoms with Crippen LogP contribution >= 0.6 is 0 Å². The van der Waals surface area contributed by atoms with Crippen molar-refractivity contribution < 1.29 is 19.7 Å². The standard InChI is InChI=1S/C38H36N4O5/c1-38(2)22-25(12-11-24-13-15-27(16-14-24)40(3)4)21-26(23-38)31-32(37(45)46)33-34(39-42(36(33)44)29-9-7-6-8-10-29)41(35(31)43)28-17-19-30(47-5)20-18-28/h6-21,23,43H,22H2,1-5H3,(H,45,46). The fourth-order valence-electron chi connectivity index (χ4n) is 6.05. The molecule has 0 saturated carbocycles. The maximum atomic E-state index is 14.1. The first kappa shape index (κ1) is 31.2. The molecule has 0 atom stereocenters. The molecule has 3 aliphatic rings. The molecule has 2 aliphatic heterocycles. The molecule has 9 nitrogen and oxygen atoms in total. The molecule has 0 spiro atoms. The second-order valence-electron chi connectivity index (χ2n) is 12.5. The molecule has 6 rings (SSSR count). The smallest absolute Gasteiger partial charge is 0.337 e. The van der Waals surface area contributed by atoms with Crippen molar-refractivity contribution in [1.82, 2.24) is 14.3 Å². The van der Waals surface area contributed by atoms with Crippen LogP contribution in [0.1, 0.15) is 41.8 Å². The van der Waals surface area contributed by atoms with Crippen molar-refractivity contribution in [3.63, 3.8) is 0 Å². The zero-order chi connectivity index (χ0) is 33.5. The molecule has 0 saturated heterocycles. The average molecular weight is 629 g/mol. The Labute approximate surface area is 272 Å². The summed E-state index contributed by atoms with van der Waals surface area (Å²) in [4.78, 5) is 29.2. The Hall–Kier alpha value is -5.83. The van der Waals surface area contributed by atoms with Gasteiger partial charge in [0.2, 0.25) is 5.88 Å². The lowest BCUT2D eigenvalue weighted by Crippen LogP contribution is -2.20. The minimum atomic E-state index is -1.34. The van der Waals surface area contributed by atoms with Gasteiger partial charge in [0, 0.05) is 19.8 Å². The van der Waals surface area contributed by atoms with Crippen LogP contribution in [-0.4, -0.2) is 51.7 Å². The van der Waals surface area contributed by atoms with E-state index in [1.807, 2.05) is 73.6 Å². The van der Waals surface area contributed by atoms with Gasteiger partial charge >= 0.3 is 5.97 Å². The van der Waals surface area contributed by atoms with Crippen LogP contribution in [0.15, 0.2) is 107 Å². The lowest BCUT2D eigenvalue weighted by molar-refractivity contribution is 0.0696. The monoisotopic (exact) mass is 628 g/mol. The van der Waals surface area contributed by atoms with E-state index in [2.05, 4.69) is 18.9 Å². The molecule has 0 unspecified atom stereocenters. The van der Waals surface area contributed by atoms with Crippen molar-refractivity contribution in [3.05, 3.63) is 130 Å². The van der Waals surface area contributed by atoms with E-state index < -0.39 is 16.9 Å². The predicted molar refractivity (Wildman–Crippen MR) is 185 cm³/mol. The van der Waals surface area contributed by atoms with E-state index in [1.54, 1.807) is 55.6 Å². The molecule has 0 bridgehead atoms. The first-order valence-corrected chi connectivity index (χ1v) is 15.2. The molecule has 0 radical (unpaired) electrons. The van der Waals surface area contributed by atoms with Crippen molar-refractivity contribution in [3.8, 4) is 34.4 Å². The molecular formula is C38H36N4O5. The number of aromatic hydroxyl groups is 1. The summed E-state index contributed by atoms with van der Waals surface area (Å²) in [6.07, 6.45) is 8.55. The van der Waals surface area contributed by atoms with Crippen molar-refractivity contribution in [2.75, 3.05) is 26.1 Å². The molecule has 2 heterocycles. The largest absolute Gasteiger partial charge is 0.497 e. The highest BCUT2D eigenvalue weighted by atomic mass is 16.5. The zero-order valence-corrected chi connectivity index (χ0v) is 26.9. The maximum absolute atomic E-state index is 14.1. The summed E-state index contributed by atoms with van der Waals surface area (Å²) in [6, 6.07) is 23.8. The molecule has 0 fully saturated rings. The molecule has 1 aliphatic carbocycles. The number of hydrogen-bond donors (Lipinski definition) is 2. The summed E-state index contributed by atoms with van der Waals surface area (Å²) < 4.78 is 7.93. The molecule has 9 heteroatoms. The van der Waals surface area contributed by atoms with E-state index in [9.17, 15) is 19.8 Å². The maximum Gasteiger partial charge on any atom is 0.337 e. The summed E-state index contributed by atoms with van der Waals surface area (Å²) in [5, 5.41) is 27.3. The molecular weight excluding hydrogens is 592 g/mol. The highest BCUT2D eigenvalue weighted by Gasteiger charge is 2.36. The number of carboxylic acid groups (broad SMARTS) is 1. The number of para-hydroxylation sites is 1. The van der Waals surface area contributed by atoms with E-state index in [0.29, 0.717) is 29.1 Å². The van der Waals surface area contributed by atoms with Crippen LogP contribution in [-0.2, 0) is 0 Å². The fourth-order valence-corrected chi connectivity index (χ4v) is 6.05. The number of pyridine rings is 1. The number of ether oxygens (including phenoxy) is 1. The van der Waals surface area contributed by atoms with Gasteiger partial charge in [0.1, 0.15) is 11.3 Å². The minimum Gasteiger partial charge on any atom is -0.497 e. The van der Waals surface area contributed by atoms with Crippen LogP contribution < -0.4 is 15.2 Å². The number of anilines is 1. The van der Waals surface area contributed by atoms with Crippen LogP contribution in [0.3, 0.4) is 0 Å². The van der Waals surface area contributed by atoms with Crippen LogP contribution in [0.2, 0.25) is 0 Å². The van der Waals surface area contributed by atoms with Gasteiger partial charge in [-0.15, -0.1) is 5.10 Å². The van der Waals surface area contributed by atoms with Crippen LogP contribution in [0.4, 0.5) is 5.69 Å². The van der Waals surface area contributed by atoms with Gasteiger partial charge in [-0.25, -0.2) is 4.79 Å². The van der Waals surface area contributed by atoms with E-state index in [4.69, 9.17) is 4.74 Å². The molecule has 3 aromatic rings. The van der Waals surface area contributed by atoms with Crippen molar-refractivity contribution in [2.24, 2.45) is 5.41 Å². The summed E-state index contributed by atoms with van der Waals surface area (Å²) in [5.41, 5.74) is 3.12. The Kier molecular flexibility index (Phi) is 8.07. The van der Waals surface area contributed by atoms with Gasteiger partial charge in [-0.3, -0.25) is 9.36 Å². The second kappa shape index (κ2) is 12.2. The predicted octanol–water partition coefficient (Wildman–Crippen LogP) is 7.06. The third kappa shape index (κ3) is 5.95. The molecule has 47 heavy (non-hydrogen) atoms. The van der Waals surface area contributed by atoms with E-state index in [-0.39, 0.29) is 28.4 Å². The third-order valence-electron chi connectivity index (χ3n) is 8.25. The number of benzene rings is 3. The molecule has 0 amide bonds. The fraction of sp³-hybridized carbons (Fsp3) is 0.184. The number of methoxy groups -OCH3 is 1. The average Bonchev–Trinajstić information content (AvgIpc) is 3.39. The number of hydrogen-bond acceptors (Lipinski definition) is 6. The number of carbonyl (C=O) groups is 1. The Bertz CT molecular complexity index is 2080. The van der Waals surface area contributed by atoms with Crippen molar-refractivity contribution in [1.29, 1.82) is 0 Å². The highest BCUT2D eigenvalue weighted by molar-refractivity contribution is 6.04. The van der Waals surface area contributed by atoms with Gasteiger partial charge in [0.25, 0.3) is 5.56 Å². The summed E-state index contributed by atoms with van der Waals surface area (Å²) in [7, 11) is 5.54. The Balaban J connectivity index is 1.60. The molecule has 238 valence electrons. The highest BCUT2D eigenvalue weighted by Crippen LogP contribution is 2.45. The summed E-state index contributed by atoms with van der Waals surface area (Å²) >= 11 is 0. The van der Waals surface area contributed by atoms with Gasteiger partial charge in [0.15, 0.2) is 5.82 Å². The number of allylic oxidation sites excluding steroid dienone is 5. The topological polar surface area (TPSA) is 110 Å². The SMILES string of the molecule is COc1ccc(-n2c3nn(-c4ccccc4)c(=O)c-3c(C(=O)O)c(C3=CC(C)(C)CC(C=Cc4ccc(N(C)C)cc4)=C3)c2O)cc1. The third-order valence-corrected chi connectivity index (χ3v) is 8.25. The Morgan fingerprint density at radius 2 is 1.62 bits per heavy atom. The Morgan fingerprint density at radius 3 is 2.23 bits per heavy atom. The van der Waals surface area contributed by atoms with Gasteiger partial charge in [-0.2, -0.15) is 4.68 Å². The Morgan fingerprint density at radius 1 is 0.936 bits per heavy atom. The quantitative estimate of drug-likeness (QED) is 0.189. The van der Waals surface area contributed by atoms with E-state index >= 15 is 0 Å². The summed E-state index contributed by atoms with van der Waals surface area (Å²) in [5.74, 6) is -1.08. The lowest BCUT2D eigenvalue weighted by atomic mass is 9.77. The second-order valence-corrected chi connectivity index (χ2v) is 12.5. The molecule has 0 aromatic heterocycles. The van der Waals surface area contributed by atoms with Crippen LogP contribution in [0, 0.1) is 5.41 Å². The number of fused-ring (bicyclic) bond motifs is 1. The number of carboxylic acids is 1. The van der Waals surface area contributed by atoms with Crippen LogP contribution in [0.25, 0.3) is 34.4 Å². The zero-order valence-electron chi connectivity index (χ0n) is 26.9. The normalized spacial score (nSPS) is 14.2. The van der Waals surface area contributed by atoms with Crippen LogP contribution in [0.5, 0.6) is 11.6 Å². The van der Waals surface area contributed by atoms with Gasteiger partial charge < -0.3 is 19.8 Å². The number of aromatic carboxylic acids is 1. The first-order valence-electron chi connectivity index (χ1n) is 15.2. The molecule has 3 aromatic carbocycles.